The highest BCUT2D eigenvalue weighted by Gasteiger charge is 2.17. The fourth-order valence-electron chi connectivity index (χ4n) is 3.74. The summed E-state index contributed by atoms with van der Waals surface area (Å²) in [6.45, 7) is 1.93. The molecule has 0 saturated heterocycles. The largest absolute Gasteiger partial charge is 0.331 e. The van der Waals surface area contributed by atoms with Crippen LogP contribution in [0, 0.1) is 0 Å². The van der Waals surface area contributed by atoms with Crippen LogP contribution in [0.2, 0.25) is 0 Å². The van der Waals surface area contributed by atoms with E-state index in [2.05, 4.69) is 40.1 Å². The average Bonchev–Trinajstić information content (AvgIpc) is 2.78. The van der Waals surface area contributed by atoms with E-state index in [1.807, 2.05) is 6.92 Å². The fourth-order valence-corrected chi connectivity index (χ4v) is 4.85. The normalized spacial score (nSPS) is 15.7. The van der Waals surface area contributed by atoms with Crippen molar-refractivity contribution < 1.29 is 8.42 Å². The van der Waals surface area contributed by atoms with Crippen LogP contribution >= 0.6 is 12.2 Å². The smallest absolute Gasteiger partial charge is 0.242 e. The maximum atomic E-state index is 12.3. The Labute approximate surface area is 190 Å². The number of rotatable bonds is 6. The third-order valence-corrected chi connectivity index (χ3v) is 7.61. The highest BCUT2D eigenvalue weighted by molar-refractivity contribution is 7.89. The van der Waals surface area contributed by atoms with Crippen molar-refractivity contribution in [3.8, 4) is 0 Å². The summed E-state index contributed by atoms with van der Waals surface area (Å²) >= 11 is 5.31. The predicted molar refractivity (Wildman–Crippen MR) is 131 cm³/mol. The van der Waals surface area contributed by atoms with Gasteiger partial charge in [0.15, 0.2) is 5.11 Å². The van der Waals surface area contributed by atoms with Crippen LogP contribution in [-0.2, 0) is 10.0 Å². The molecule has 8 heteroatoms. The van der Waals surface area contributed by atoms with Gasteiger partial charge in [-0.05, 0) is 67.2 Å². The summed E-state index contributed by atoms with van der Waals surface area (Å²) in [5.74, 6) is 0.682. The van der Waals surface area contributed by atoms with Crippen molar-refractivity contribution in [1.29, 1.82) is 0 Å². The van der Waals surface area contributed by atoms with Gasteiger partial charge in [-0.15, -0.1) is 0 Å². The lowest BCUT2D eigenvalue weighted by atomic mass is 9.84. The molecule has 0 amide bonds. The number of nitrogens with one attached hydrogen (secondary N) is 2. The zero-order chi connectivity index (χ0) is 22.4. The SMILES string of the molecule is CC(=NNC(=S)Nc1cccc(S(=O)(=O)N(C)C)c1)c1ccc(C2CCCCC2)cc1. The summed E-state index contributed by atoms with van der Waals surface area (Å²) in [4.78, 5) is 0.197. The molecule has 31 heavy (non-hydrogen) atoms. The number of sulfonamides is 1. The molecule has 3 rings (SSSR count). The number of nitrogens with zero attached hydrogens (tertiary/aromatic N) is 2. The molecule has 1 aliphatic carbocycles. The molecule has 166 valence electrons. The lowest BCUT2D eigenvalue weighted by Crippen LogP contribution is -2.25. The second-order valence-electron chi connectivity index (χ2n) is 8.04. The Morgan fingerprint density at radius 2 is 1.74 bits per heavy atom. The van der Waals surface area contributed by atoms with Crippen molar-refractivity contribution >= 4 is 38.8 Å². The summed E-state index contributed by atoms with van der Waals surface area (Å²) in [5, 5.41) is 7.64. The van der Waals surface area contributed by atoms with Gasteiger partial charge in [0.05, 0.1) is 10.6 Å². The quantitative estimate of drug-likeness (QED) is 0.373. The highest BCUT2D eigenvalue weighted by Crippen LogP contribution is 2.32. The molecule has 2 aromatic carbocycles. The lowest BCUT2D eigenvalue weighted by Gasteiger charge is -2.22. The highest BCUT2D eigenvalue weighted by atomic mass is 32.2. The molecule has 0 radical (unpaired) electrons. The summed E-state index contributed by atoms with van der Waals surface area (Å²) in [6, 6.07) is 15.1. The van der Waals surface area contributed by atoms with Crippen molar-refractivity contribution in [2.75, 3.05) is 19.4 Å². The second kappa shape index (κ2) is 10.3. The Morgan fingerprint density at radius 3 is 2.39 bits per heavy atom. The van der Waals surface area contributed by atoms with Gasteiger partial charge in [-0.1, -0.05) is 49.6 Å². The molecule has 2 aromatic rings. The first-order valence-electron chi connectivity index (χ1n) is 10.5. The second-order valence-corrected chi connectivity index (χ2v) is 10.6. The van der Waals surface area contributed by atoms with E-state index >= 15 is 0 Å². The molecular weight excluding hydrogens is 428 g/mol. The molecule has 0 aliphatic heterocycles. The van der Waals surface area contributed by atoms with Crippen molar-refractivity contribution in [3.63, 3.8) is 0 Å². The summed E-state index contributed by atoms with van der Waals surface area (Å²) in [5.41, 5.74) is 6.68. The molecule has 0 atom stereocenters. The van der Waals surface area contributed by atoms with Crippen LogP contribution in [0.25, 0.3) is 0 Å². The van der Waals surface area contributed by atoms with Crippen molar-refractivity contribution in [2.45, 2.75) is 49.8 Å². The van der Waals surface area contributed by atoms with Gasteiger partial charge >= 0.3 is 0 Å². The monoisotopic (exact) mass is 458 g/mol. The van der Waals surface area contributed by atoms with Gasteiger partial charge < -0.3 is 5.32 Å². The Morgan fingerprint density at radius 1 is 1.06 bits per heavy atom. The van der Waals surface area contributed by atoms with Crippen LogP contribution in [0.4, 0.5) is 5.69 Å². The molecule has 1 fully saturated rings. The van der Waals surface area contributed by atoms with E-state index in [-0.39, 0.29) is 10.0 Å². The Bertz CT molecular complexity index is 1040. The number of thiocarbonyl (C=S) groups is 1. The third kappa shape index (κ3) is 6.12. The Hall–Kier alpha value is -2.29. The summed E-state index contributed by atoms with van der Waals surface area (Å²) < 4.78 is 25.8. The molecular formula is C23H30N4O2S2. The molecule has 0 spiro atoms. The minimum atomic E-state index is -3.51. The molecule has 0 bridgehead atoms. The molecule has 1 aliphatic rings. The van der Waals surface area contributed by atoms with Gasteiger partial charge in [0.25, 0.3) is 0 Å². The molecule has 2 N–H and O–H groups in total. The molecule has 0 heterocycles. The zero-order valence-electron chi connectivity index (χ0n) is 18.3. The number of benzene rings is 2. The molecule has 1 saturated carbocycles. The standard InChI is InChI=1S/C23H30N4O2S2/c1-17(18-12-14-20(15-13-18)19-8-5-4-6-9-19)25-26-23(30)24-21-10-7-11-22(16-21)31(28,29)27(2)3/h7,10-16,19H,4-6,8-9H2,1-3H3,(H2,24,26,30). The first-order valence-corrected chi connectivity index (χ1v) is 12.4. The van der Waals surface area contributed by atoms with Gasteiger partial charge in [-0.25, -0.2) is 12.7 Å². The number of hydrogen-bond acceptors (Lipinski definition) is 4. The van der Waals surface area contributed by atoms with E-state index in [1.54, 1.807) is 24.3 Å². The maximum Gasteiger partial charge on any atom is 0.242 e. The van der Waals surface area contributed by atoms with E-state index in [0.717, 1.165) is 11.3 Å². The molecule has 0 unspecified atom stereocenters. The minimum Gasteiger partial charge on any atom is -0.331 e. The van der Waals surface area contributed by atoms with Gasteiger partial charge in [-0.3, -0.25) is 5.43 Å². The van der Waals surface area contributed by atoms with E-state index in [1.165, 1.54) is 56.1 Å². The van der Waals surface area contributed by atoms with Crippen molar-refractivity contribution in [2.24, 2.45) is 5.10 Å². The van der Waals surface area contributed by atoms with Gasteiger partial charge in [0.1, 0.15) is 0 Å². The Balaban J connectivity index is 1.61. The van der Waals surface area contributed by atoms with Gasteiger partial charge in [-0.2, -0.15) is 5.10 Å². The van der Waals surface area contributed by atoms with Gasteiger partial charge in [0, 0.05) is 19.8 Å². The van der Waals surface area contributed by atoms with Crippen molar-refractivity contribution in [1.82, 2.24) is 9.73 Å². The summed E-state index contributed by atoms with van der Waals surface area (Å²) in [6.07, 6.45) is 6.57. The van der Waals surface area contributed by atoms with E-state index in [9.17, 15) is 8.42 Å². The Kier molecular flexibility index (Phi) is 7.80. The number of hydrogen-bond donors (Lipinski definition) is 2. The first-order chi connectivity index (χ1) is 14.8. The van der Waals surface area contributed by atoms with Crippen LogP contribution in [0.1, 0.15) is 56.1 Å². The zero-order valence-corrected chi connectivity index (χ0v) is 19.9. The summed E-state index contributed by atoms with van der Waals surface area (Å²) in [7, 11) is -0.505. The topological polar surface area (TPSA) is 73.8 Å². The fraction of sp³-hybridized carbons (Fsp3) is 0.391. The third-order valence-electron chi connectivity index (χ3n) is 5.60. The number of anilines is 1. The molecule has 6 nitrogen and oxygen atoms in total. The van der Waals surface area contributed by atoms with Crippen LogP contribution in [0.3, 0.4) is 0 Å². The van der Waals surface area contributed by atoms with Crippen LogP contribution in [-0.4, -0.2) is 37.6 Å². The van der Waals surface area contributed by atoms with Gasteiger partial charge in [0.2, 0.25) is 10.0 Å². The minimum absolute atomic E-state index is 0.197. The van der Waals surface area contributed by atoms with Crippen LogP contribution < -0.4 is 10.7 Å². The van der Waals surface area contributed by atoms with Crippen LogP contribution in [0.15, 0.2) is 58.5 Å². The lowest BCUT2D eigenvalue weighted by molar-refractivity contribution is 0.443. The first kappa shape index (κ1) is 23.4. The average molecular weight is 459 g/mol. The van der Waals surface area contributed by atoms with E-state index < -0.39 is 10.0 Å². The van der Waals surface area contributed by atoms with Crippen LogP contribution in [0.5, 0.6) is 0 Å². The van der Waals surface area contributed by atoms with Crippen molar-refractivity contribution in [3.05, 3.63) is 59.7 Å². The van der Waals surface area contributed by atoms with E-state index in [4.69, 9.17) is 12.2 Å². The maximum absolute atomic E-state index is 12.3. The predicted octanol–water partition coefficient (Wildman–Crippen LogP) is 4.70. The molecule has 0 aromatic heterocycles. The van der Waals surface area contributed by atoms with E-state index in [0.29, 0.717) is 11.6 Å². The number of hydrazone groups is 1.